The topological polar surface area (TPSA) is 17.8 Å². The zero-order chi connectivity index (χ0) is 14.4. The maximum absolute atomic E-state index is 4.88. The van der Waals surface area contributed by atoms with Gasteiger partial charge in [0.1, 0.15) is 5.82 Å². The molecule has 3 aromatic rings. The molecular formula is C19H18N2. The Bertz CT molecular complexity index is 839. The molecule has 0 atom stereocenters. The molecule has 2 nitrogen and oxygen atoms in total. The number of benzene rings is 2. The SMILES string of the molecule is CC(C)C1=Cc2cccc3nc(-c4ccccc4)n(c23)C1. The van der Waals surface area contributed by atoms with Crippen LogP contribution >= 0.6 is 0 Å². The van der Waals surface area contributed by atoms with E-state index in [1.54, 1.807) is 0 Å². The normalized spacial score (nSPS) is 13.8. The van der Waals surface area contributed by atoms with Crippen molar-refractivity contribution in [1.29, 1.82) is 0 Å². The van der Waals surface area contributed by atoms with Gasteiger partial charge in [0.2, 0.25) is 0 Å². The van der Waals surface area contributed by atoms with Crippen LogP contribution in [-0.2, 0) is 6.54 Å². The lowest BCUT2D eigenvalue weighted by Crippen LogP contribution is -2.11. The van der Waals surface area contributed by atoms with E-state index in [9.17, 15) is 0 Å². The number of allylic oxidation sites excluding steroid dienone is 1. The predicted molar refractivity (Wildman–Crippen MR) is 88.0 cm³/mol. The second-order valence-corrected chi connectivity index (χ2v) is 5.98. The smallest absolute Gasteiger partial charge is 0.141 e. The first-order chi connectivity index (χ1) is 10.2. The van der Waals surface area contributed by atoms with Crippen molar-refractivity contribution < 1.29 is 0 Å². The van der Waals surface area contributed by atoms with Crippen molar-refractivity contribution in [1.82, 2.24) is 9.55 Å². The summed E-state index contributed by atoms with van der Waals surface area (Å²) in [6.45, 7) is 5.46. The molecule has 0 amide bonds. The molecule has 2 heteroatoms. The fraction of sp³-hybridized carbons (Fsp3) is 0.211. The summed E-state index contributed by atoms with van der Waals surface area (Å²) < 4.78 is 2.37. The van der Waals surface area contributed by atoms with Gasteiger partial charge < -0.3 is 4.57 Å². The van der Waals surface area contributed by atoms with Crippen LogP contribution in [0.5, 0.6) is 0 Å². The minimum atomic E-state index is 0.555. The van der Waals surface area contributed by atoms with Crippen LogP contribution < -0.4 is 0 Å². The van der Waals surface area contributed by atoms with Gasteiger partial charge in [-0.1, -0.05) is 62.4 Å². The molecule has 21 heavy (non-hydrogen) atoms. The molecule has 1 aromatic heterocycles. The van der Waals surface area contributed by atoms with Gasteiger partial charge in [-0.2, -0.15) is 0 Å². The predicted octanol–water partition coefficient (Wildman–Crippen LogP) is 4.76. The number of hydrogen-bond acceptors (Lipinski definition) is 1. The molecule has 0 fully saturated rings. The van der Waals surface area contributed by atoms with Gasteiger partial charge in [0, 0.05) is 17.7 Å². The van der Waals surface area contributed by atoms with Gasteiger partial charge in [-0.15, -0.1) is 0 Å². The molecule has 0 bridgehead atoms. The summed E-state index contributed by atoms with van der Waals surface area (Å²) in [5, 5.41) is 0. The number of para-hydroxylation sites is 1. The number of imidazole rings is 1. The molecule has 0 unspecified atom stereocenters. The van der Waals surface area contributed by atoms with Crippen molar-refractivity contribution >= 4 is 17.1 Å². The zero-order valence-corrected chi connectivity index (χ0v) is 12.4. The highest BCUT2D eigenvalue weighted by molar-refractivity contribution is 5.90. The Morgan fingerprint density at radius 3 is 2.57 bits per heavy atom. The van der Waals surface area contributed by atoms with Crippen LogP contribution in [0.1, 0.15) is 19.4 Å². The summed E-state index contributed by atoms with van der Waals surface area (Å²) in [4.78, 5) is 4.88. The Labute approximate surface area is 124 Å². The summed E-state index contributed by atoms with van der Waals surface area (Å²) in [6, 6.07) is 16.9. The Hall–Kier alpha value is -2.35. The average molecular weight is 274 g/mol. The molecular weight excluding hydrogens is 256 g/mol. The van der Waals surface area contributed by atoms with E-state index in [0.717, 1.165) is 17.9 Å². The molecule has 4 rings (SSSR count). The molecule has 0 spiro atoms. The Morgan fingerprint density at radius 1 is 1.00 bits per heavy atom. The third kappa shape index (κ3) is 1.90. The molecule has 0 N–H and O–H groups in total. The Morgan fingerprint density at radius 2 is 1.81 bits per heavy atom. The molecule has 1 aliphatic rings. The minimum Gasteiger partial charge on any atom is -0.319 e. The second kappa shape index (κ2) is 4.59. The molecule has 2 aromatic carbocycles. The highest BCUT2D eigenvalue weighted by Crippen LogP contribution is 2.33. The van der Waals surface area contributed by atoms with Gasteiger partial charge in [-0.3, -0.25) is 0 Å². The van der Waals surface area contributed by atoms with Crippen molar-refractivity contribution in [3.05, 3.63) is 59.7 Å². The molecule has 0 saturated heterocycles. The standard InChI is InChI=1S/C19H18N2/c1-13(2)16-11-15-9-6-10-17-18(15)21(12-16)19(20-17)14-7-4-3-5-8-14/h3-11,13H,12H2,1-2H3. The van der Waals surface area contributed by atoms with Crippen LogP contribution in [0.2, 0.25) is 0 Å². The number of aromatic nitrogens is 2. The lowest BCUT2D eigenvalue weighted by molar-refractivity contribution is 0.673. The van der Waals surface area contributed by atoms with Crippen LogP contribution in [-0.4, -0.2) is 9.55 Å². The first-order valence-corrected chi connectivity index (χ1v) is 7.49. The summed E-state index contributed by atoms with van der Waals surface area (Å²) in [5.74, 6) is 1.63. The van der Waals surface area contributed by atoms with Gasteiger partial charge in [0.05, 0.1) is 11.0 Å². The first kappa shape index (κ1) is 12.4. The molecule has 2 heterocycles. The number of rotatable bonds is 2. The van der Waals surface area contributed by atoms with Gasteiger partial charge in [0.15, 0.2) is 0 Å². The molecule has 0 aliphatic carbocycles. The van der Waals surface area contributed by atoms with Gasteiger partial charge in [-0.25, -0.2) is 4.98 Å². The lowest BCUT2D eigenvalue weighted by Gasteiger charge is -2.20. The maximum Gasteiger partial charge on any atom is 0.141 e. The minimum absolute atomic E-state index is 0.555. The van der Waals surface area contributed by atoms with Gasteiger partial charge in [-0.05, 0) is 17.6 Å². The van der Waals surface area contributed by atoms with E-state index in [1.807, 2.05) is 6.07 Å². The summed E-state index contributed by atoms with van der Waals surface area (Å²) >= 11 is 0. The summed E-state index contributed by atoms with van der Waals surface area (Å²) in [6.07, 6.45) is 2.34. The fourth-order valence-electron chi connectivity index (χ4n) is 3.07. The third-order valence-corrected chi connectivity index (χ3v) is 4.25. The van der Waals surface area contributed by atoms with E-state index in [4.69, 9.17) is 4.98 Å². The van der Waals surface area contributed by atoms with E-state index in [0.29, 0.717) is 5.92 Å². The van der Waals surface area contributed by atoms with E-state index in [2.05, 4.69) is 67.0 Å². The maximum atomic E-state index is 4.88. The van der Waals surface area contributed by atoms with Crippen molar-refractivity contribution in [2.75, 3.05) is 0 Å². The molecule has 0 radical (unpaired) electrons. The number of nitrogens with zero attached hydrogens (tertiary/aromatic N) is 2. The lowest BCUT2D eigenvalue weighted by atomic mass is 9.97. The second-order valence-electron chi connectivity index (χ2n) is 5.98. The highest BCUT2D eigenvalue weighted by Gasteiger charge is 2.20. The first-order valence-electron chi connectivity index (χ1n) is 7.49. The van der Waals surface area contributed by atoms with Gasteiger partial charge >= 0.3 is 0 Å². The zero-order valence-electron chi connectivity index (χ0n) is 12.4. The van der Waals surface area contributed by atoms with Crippen molar-refractivity contribution in [3.8, 4) is 11.4 Å². The fourth-order valence-corrected chi connectivity index (χ4v) is 3.07. The molecule has 104 valence electrons. The van der Waals surface area contributed by atoms with Crippen LogP contribution in [0.4, 0.5) is 0 Å². The van der Waals surface area contributed by atoms with Crippen molar-refractivity contribution in [2.45, 2.75) is 20.4 Å². The molecule has 0 saturated carbocycles. The Kier molecular flexibility index (Phi) is 2.71. The van der Waals surface area contributed by atoms with E-state index in [-0.39, 0.29) is 0 Å². The van der Waals surface area contributed by atoms with Crippen LogP contribution in [0.15, 0.2) is 54.1 Å². The third-order valence-electron chi connectivity index (χ3n) is 4.25. The monoisotopic (exact) mass is 274 g/mol. The van der Waals surface area contributed by atoms with Gasteiger partial charge in [0.25, 0.3) is 0 Å². The Balaban J connectivity index is 2.00. The van der Waals surface area contributed by atoms with Crippen LogP contribution in [0.3, 0.4) is 0 Å². The summed E-state index contributed by atoms with van der Waals surface area (Å²) in [7, 11) is 0. The highest BCUT2D eigenvalue weighted by atomic mass is 15.1. The van der Waals surface area contributed by atoms with Crippen molar-refractivity contribution in [3.63, 3.8) is 0 Å². The quantitative estimate of drug-likeness (QED) is 0.659. The van der Waals surface area contributed by atoms with Crippen molar-refractivity contribution in [2.24, 2.45) is 5.92 Å². The largest absolute Gasteiger partial charge is 0.319 e. The van der Waals surface area contributed by atoms with Crippen LogP contribution in [0.25, 0.3) is 28.5 Å². The molecule has 1 aliphatic heterocycles. The number of hydrogen-bond donors (Lipinski definition) is 0. The van der Waals surface area contributed by atoms with E-state index < -0.39 is 0 Å². The average Bonchev–Trinajstić information content (AvgIpc) is 2.89. The summed E-state index contributed by atoms with van der Waals surface area (Å²) in [5.41, 5.74) is 6.29. The van der Waals surface area contributed by atoms with E-state index in [1.165, 1.54) is 22.2 Å². The van der Waals surface area contributed by atoms with Crippen LogP contribution in [0, 0.1) is 5.92 Å². The van der Waals surface area contributed by atoms with E-state index >= 15 is 0 Å².